The minimum atomic E-state index is -0.526. The average Bonchev–Trinajstić information content (AvgIpc) is 3.18. The molecule has 2 aromatic carbocycles. The third kappa shape index (κ3) is 3.64. The molecule has 0 atom stereocenters. The molecule has 0 spiro atoms. The van der Waals surface area contributed by atoms with Crippen molar-refractivity contribution in [3.8, 4) is 22.5 Å². The lowest BCUT2D eigenvalue weighted by Gasteiger charge is -2.27. The largest absolute Gasteiger partial charge is 0.378 e. The molecule has 1 aliphatic heterocycles. The zero-order valence-electron chi connectivity index (χ0n) is 17.0. The van der Waals surface area contributed by atoms with Gasteiger partial charge >= 0.3 is 0 Å². The van der Waals surface area contributed by atoms with Crippen LogP contribution in [0.3, 0.4) is 0 Å². The highest BCUT2D eigenvalue weighted by Gasteiger charge is 2.28. The highest BCUT2D eigenvalue weighted by atomic mass is 35.5. The number of halogens is 2. The van der Waals surface area contributed by atoms with E-state index in [2.05, 4.69) is 0 Å². The molecule has 0 radical (unpaired) electrons. The first-order valence-corrected chi connectivity index (χ1v) is 11.0. The highest BCUT2D eigenvalue weighted by molar-refractivity contribution is 6.42. The second-order valence-electron chi connectivity index (χ2n) is 7.83. The van der Waals surface area contributed by atoms with Crippen LogP contribution in [0.5, 0.6) is 0 Å². The van der Waals surface area contributed by atoms with Crippen molar-refractivity contribution in [2.45, 2.75) is 6.42 Å². The van der Waals surface area contributed by atoms with E-state index in [1.807, 2.05) is 18.2 Å². The van der Waals surface area contributed by atoms with Gasteiger partial charge in [0.1, 0.15) is 0 Å². The maximum Gasteiger partial charge on any atom is 0.254 e. The number of carbonyl (C=O) groups excluding carboxylic acids is 2. The molecule has 8 heteroatoms. The third-order valence-corrected chi connectivity index (χ3v) is 6.62. The molecule has 2 amide bonds. The molecule has 2 aliphatic rings. The van der Waals surface area contributed by atoms with E-state index in [9.17, 15) is 9.59 Å². The van der Waals surface area contributed by atoms with E-state index >= 15 is 0 Å². The fraction of sp³-hybridized carbons (Fsp3) is 0.208. The van der Waals surface area contributed by atoms with Crippen LogP contribution in [-0.2, 0) is 11.2 Å². The number of ether oxygens (including phenoxy) is 1. The lowest BCUT2D eigenvalue weighted by molar-refractivity contribution is 0.0303. The molecule has 2 heterocycles. The monoisotopic (exact) mass is 467 g/mol. The van der Waals surface area contributed by atoms with Gasteiger partial charge in [-0.3, -0.25) is 9.59 Å². The maximum atomic E-state index is 12.9. The first kappa shape index (κ1) is 20.9. The Balaban J connectivity index is 1.57. The minimum Gasteiger partial charge on any atom is -0.378 e. The van der Waals surface area contributed by atoms with Crippen LogP contribution < -0.4 is 5.73 Å². The fourth-order valence-corrected chi connectivity index (χ4v) is 4.54. The van der Waals surface area contributed by atoms with Crippen LogP contribution in [0, 0.1) is 0 Å². The summed E-state index contributed by atoms with van der Waals surface area (Å²) in [4.78, 5) is 31.8. The van der Waals surface area contributed by atoms with Crippen LogP contribution in [0.1, 0.15) is 31.8 Å². The van der Waals surface area contributed by atoms with Gasteiger partial charge in [-0.15, -0.1) is 0 Å². The predicted octanol–water partition coefficient (Wildman–Crippen LogP) is 4.20. The van der Waals surface area contributed by atoms with E-state index in [-0.39, 0.29) is 5.91 Å². The van der Waals surface area contributed by atoms with Crippen LogP contribution in [0.2, 0.25) is 10.0 Å². The third-order valence-electron chi connectivity index (χ3n) is 5.88. The first-order valence-electron chi connectivity index (χ1n) is 10.2. The number of pyridine rings is 1. The Hall–Kier alpha value is -2.93. The molecule has 3 aromatic rings. The van der Waals surface area contributed by atoms with Gasteiger partial charge in [-0.1, -0.05) is 35.3 Å². The molecule has 0 bridgehead atoms. The number of rotatable bonds is 3. The van der Waals surface area contributed by atoms with Gasteiger partial charge < -0.3 is 15.4 Å². The summed E-state index contributed by atoms with van der Waals surface area (Å²) < 4.78 is 5.34. The van der Waals surface area contributed by atoms with Crippen molar-refractivity contribution >= 4 is 35.0 Å². The Bertz CT molecular complexity index is 1270. The predicted molar refractivity (Wildman–Crippen MR) is 123 cm³/mol. The number of morpholine rings is 1. The van der Waals surface area contributed by atoms with Gasteiger partial charge in [0.05, 0.1) is 34.6 Å². The lowest BCUT2D eigenvalue weighted by Crippen LogP contribution is -2.40. The molecule has 162 valence electrons. The van der Waals surface area contributed by atoms with Gasteiger partial charge in [0.25, 0.3) is 5.91 Å². The van der Waals surface area contributed by atoms with E-state index in [0.29, 0.717) is 65.3 Å². The molecule has 0 saturated carbocycles. The molecular weight excluding hydrogens is 449 g/mol. The molecule has 5 rings (SSSR count). The maximum absolute atomic E-state index is 12.9. The molecule has 1 saturated heterocycles. The van der Waals surface area contributed by atoms with Crippen LogP contribution in [-0.4, -0.2) is 48.0 Å². The van der Waals surface area contributed by atoms with Crippen LogP contribution in [0.15, 0.2) is 42.5 Å². The molecule has 1 fully saturated rings. The smallest absolute Gasteiger partial charge is 0.254 e. The molecule has 32 heavy (non-hydrogen) atoms. The van der Waals surface area contributed by atoms with Crippen LogP contribution in [0.25, 0.3) is 22.5 Å². The summed E-state index contributed by atoms with van der Waals surface area (Å²) in [6, 6.07) is 12.5. The van der Waals surface area contributed by atoms with Crippen LogP contribution in [0.4, 0.5) is 0 Å². The van der Waals surface area contributed by atoms with E-state index in [0.717, 1.165) is 22.3 Å². The van der Waals surface area contributed by atoms with Crippen molar-refractivity contribution in [1.82, 2.24) is 9.88 Å². The molecule has 6 nitrogen and oxygen atoms in total. The molecule has 1 aromatic heterocycles. The first-order chi connectivity index (χ1) is 15.4. The zero-order valence-corrected chi connectivity index (χ0v) is 18.5. The van der Waals surface area contributed by atoms with Crippen LogP contribution >= 0.6 is 23.2 Å². The number of benzene rings is 2. The number of nitrogens with two attached hydrogens (primary N) is 1. The summed E-state index contributed by atoms with van der Waals surface area (Å²) in [5.41, 5.74) is 11.4. The van der Waals surface area contributed by atoms with E-state index in [4.69, 9.17) is 38.7 Å². The van der Waals surface area contributed by atoms with Crippen molar-refractivity contribution in [3.63, 3.8) is 0 Å². The number of hydrogen-bond donors (Lipinski definition) is 1. The number of hydrogen-bond acceptors (Lipinski definition) is 4. The van der Waals surface area contributed by atoms with Gasteiger partial charge in [0.15, 0.2) is 0 Å². The number of amides is 2. The summed E-state index contributed by atoms with van der Waals surface area (Å²) in [7, 11) is 0. The summed E-state index contributed by atoms with van der Waals surface area (Å²) in [5.74, 6) is -0.547. The van der Waals surface area contributed by atoms with Gasteiger partial charge in [-0.05, 0) is 41.5 Å². The normalized spacial score (nSPS) is 14.8. The lowest BCUT2D eigenvalue weighted by atomic mass is 10.0. The molecule has 0 unspecified atom stereocenters. The SMILES string of the molecule is NC(=O)c1cc(-c2ccc(Cl)c(Cl)c2)nc2c1Cc1cc(C(=O)N3CCOCC3)ccc1-2. The summed E-state index contributed by atoms with van der Waals surface area (Å²) in [6.07, 6.45) is 0.488. The van der Waals surface area contributed by atoms with Gasteiger partial charge in [-0.25, -0.2) is 4.98 Å². The van der Waals surface area contributed by atoms with E-state index < -0.39 is 5.91 Å². The number of aromatic nitrogens is 1. The van der Waals surface area contributed by atoms with E-state index in [1.165, 1.54) is 0 Å². The fourth-order valence-electron chi connectivity index (χ4n) is 4.24. The average molecular weight is 468 g/mol. The van der Waals surface area contributed by atoms with E-state index in [1.54, 1.807) is 29.2 Å². The molecular formula is C24H19Cl2N3O3. The highest BCUT2D eigenvalue weighted by Crippen LogP contribution is 2.40. The topological polar surface area (TPSA) is 85.5 Å². The number of primary amides is 1. The number of nitrogens with zero attached hydrogens (tertiary/aromatic N) is 2. The van der Waals surface area contributed by atoms with Crippen molar-refractivity contribution in [2.24, 2.45) is 5.73 Å². The Kier molecular flexibility index (Phi) is 5.37. The molecule has 2 N–H and O–H groups in total. The van der Waals surface area contributed by atoms with Crippen molar-refractivity contribution < 1.29 is 14.3 Å². The Morgan fingerprint density at radius 1 is 1.00 bits per heavy atom. The van der Waals surface area contributed by atoms with Gasteiger partial charge in [0, 0.05) is 41.8 Å². The standard InChI is InChI=1S/C24H19Cl2N3O3/c25-19-4-2-13(11-20(19)26)21-12-18(23(27)30)17-10-15-9-14(1-3-16(15)22(17)28-21)24(31)29-5-7-32-8-6-29/h1-4,9,11-12H,5-8,10H2,(H2,27,30). The number of fused-ring (bicyclic) bond motifs is 3. The Labute approximate surface area is 194 Å². The molecule has 1 aliphatic carbocycles. The van der Waals surface area contributed by atoms with Crippen molar-refractivity contribution in [3.05, 3.63) is 74.8 Å². The van der Waals surface area contributed by atoms with Crippen molar-refractivity contribution in [1.29, 1.82) is 0 Å². The second kappa shape index (κ2) is 8.20. The zero-order chi connectivity index (χ0) is 22.4. The van der Waals surface area contributed by atoms with Crippen molar-refractivity contribution in [2.75, 3.05) is 26.3 Å². The summed E-state index contributed by atoms with van der Waals surface area (Å²) in [6.45, 7) is 2.25. The summed E-state index contributed by atoms with van der Waals surface area (Å²) >= 11 is 12.2. The van der Waals surface area contributed by atoms with Gasteiger partial charge in [0.2, 0.25) is 5.91 Å². The summed E-state index contributed by atoms with van der Waals surface area (Å²) in [5, 5.41) is 0.841. The Morgan fingerprint density at radius 2 is 1.78 bits per heavy atom. The minimum absolute atomic E-state index is 0.0216. The quantitative estimate of drug-likeness (QED) is 0.489. The van der Waals surface area contributed by atoms with Gasteiger partial charge in [-0.2, -0.15) is 0 Å². The second-order valence-corrected chi connectivity index (χ2v) is 8.64. The Morgan fingerprint density at radius 3 is 2.50 bits per heavy atom. The number of carbonyl (C=O) groups is 2.